The Hall–Kier alpha value is -1.16. The van der Waals surface area contributed by atoms with Crippen molar-refractivity contribution in [3.63, 3.8) is 0 Å². The van der Waals surface area contributed by atoms with Crippen LogP contribution in [0.3, 0.4) is 0 Å². The Balaban J connectivity index is 1.76. The molecule has 1 aliphatic rings. The zero-order chi connectivity index (χ0) is 16.7. The van der Waals surface area contributed by atoms with Crippen molar-refractivity contribution >= 4 is 17.7 Å². The molecule has 0 saturated heterocycles. The number of ether oxygens (including phenoxy) is 1. The van der Waals surface area contributed by atoms with Crippen LogP contribution in [0.2, 0.25) is 0 Å². The van der Waals surface area contributed by atoms with Gasteiger partial charge in [-0.15, -0.1) is 0 Å². The maximum Gasteiger partial charge on any atom is 0.261 e. The summed E-state index contributed by atoms with van der Waals surface area (Å²) in [6.45, 7) is 6.79. The van der Waals surface area contributed by atoms with Crippen LogP contribution >= 0.6 is 11.8 Å². The first-order chi connectivity index (χ1) is 11.1. The van der Waals surface area contributed by atoms with Gasteiger partial charge in [-0.1, -0.05) is 37.5 Å². The Labute approximate surface area is 144 Å². The van der Waals surface area contributed by atoms with Crippen molar-refractivity contribution in [2.75, 3.05) is 12.3 Å². The van der Waals surface area contributed by atoms with Crippen LogP contribution in [0.1, 0.15) is 50.2 Å². The zero-order valence-corrected chi connectivity index (χ0v) is 15.4. The number of thioether (sulfide) groups is 1. The summed E-state index contributed by atoms with van der Waals surface area (Å²) >= 11 is 2.00. The van der Waals surface area contributed by atoms with Crippen LogP contribution in [0.4, 0.5) is 0 Å². The maximum absolute atomic E-state index is 12.3. The fourth-order valence-electron chi connectivity index (χ4n) is 2.98. The molecule has 0 bridgehead atoms. The van der Waals surface area contributed by atoms with Gasteiger partial charge in [0.15, 0.2) is 6.10 Å². The van der Waals surface area contributed by atoms with Crippen molar-refractivity contribution in [2.45, 2.75) is 64.2 Å². The number of hydrogen-bond acceptors (Lipinski definition) is 3. The van der Waals surface area contributed by atoms with Gasteiger partial charge < -0.3 is 10.1 Å². The second-order valence-corrected chi connectivity index (χ2v) is 7.76. The van der Waals surface area contributed by atoms with E-state index >= 15 is 0 Å². The molecule has 1 aromatic rings. The van der Waals surface area contributed by atoms with E-state index in [0.29, 0.717) is 6.42 Å². The van der Waals surface area contributed by atoms with Crippen LogP contribution < -0.4 is 10.1 Å². The van der Waals surface area contributed by atoms with Gasteiger partial charge in [0.05, 0.1) is 0 Å². The second-order valence-electron chi connectivity index (χ2n) is 6.35. The van der Waals surface area contributed by atoms with E-state index in [2.05, 4.69) is 18.3 Å². The van der Waals surface area contributed by atoms with E-state index in [1.54, 1.807) is 0 Å². The summed E-state index contributed by atoms with van der Waals surface area (Å²) in [5.41, 5.74) is 2.28. The molecular weight excluding hydrogens is 306 g/mol. The average Bonchev–Trinajstić information content (AvgIpc) is 3.04. The van der Waals surface area contributed by atoms with Crippen LogP contribution in [-0.2, 0) is 4.79 Å². The third kappa shape index (κ3) is 5.76. The molecule has 1 saturated carbocycles. The molecule has 0 heterocycles. The van der Waals surface area contributed by atoms with Crippen LogP contribution in [0.5, 0.6) is 5.75 Å². The Morgan fingerprint density at radius 1 is 1.35 bits per heavy atom. The van der Waals surface area contributed by atoms with Crippen molar-refractivity contribution in [1.82, 2.24) is 5.32 Å². The number of rotatable bonds is 8. The summed E-state index contributed by atoms with van der Waals surface area (Å²) < 4.78 is 5.92. The number of carbonyl (C=O) groups is 1. The lowest BCUT2D eigenvalue weighted by Crippen LogP contribution is -2.39. The highest BCUT2D eigenvalue weighted by Crippen LogP contribution is 2.28. The molecule has 1 aliphatic carbocycles. The number of amides is 1. The SMILES string of the molecule is CC[C@H](Oc1ccc(C)cc1C)C(=O)NCCSC1CCCC1. The fraction of sp³-hybridized carbons (Fsp3) is 0.632. The summed E-state index contributed by atoms with van der Waals surface area (Å²) in [6, 6.07) is 6.06. The maximum atomic E-state index is 12.3. The van der Waals surface area contributed by atoms with Gasteiger partial charge >= 0.3 is 0 Å². The Morgan fingerprint density at radius 3 is 2.74 bits per heavy atom. The van der Waals surface area contributed by atoms with Gasteiger partial charge in [0.2, 0.25) is 0 Å². The third-order valence-electron chi connectivity index (χ3n) is 4.32. The molecule has 1 amide bonds. The number of hydrogen-bond donors (Lipinski definition) is 1. The molecule has 0 spiro atoms. The number of aryl methyl sites for hydroxylation is 2. The number of benzene rings is 1. The van der Waals surface area contributed by atoms with Crippen LogP contribution in [0.15, 0.2) is 18.2 Å². The molecule has 23 heavy (non-hydrogen) atoms. The molecule has 1 atom stereocenters. The van der Waals surface area contributed by atoms with Gasteiger partial charge in [-0.2, -0.15) is 11.8 Å². The normalized spacial score (nSPS) is 16.3. The lowest BCUT2D eigenvalue weighted by atomic mass is 10.1. The summed E-state index contributed by atoms with van der Waals surface area (Å²) in [5.74, 6) is 1.80. The minimum Gasteiger partial charge on any atom is -0.480 e. The molecule has 0 aromatic heterocycles. The first-order valence-electron chi connectivity index (χ1n) is 8.73. The quantitative estimate of drug-likeness (QED) is 0.722. The van der Waals surface area contributed by atoms with E-state index in [-0.39, 0.29) is 5.91 Å². The van der Waals surface area contributed by atoms with Gasteiger partial charge in [0.1, 0.15) is 5.75 Å². The van der Waals surface area contributed by atoms with E-state index in [1.165, 1.54) is 31.2 Å². The van der Waals surface area contributed by atoms with E-state index in [9.17, 15) is 4.79 Å². The van der Waals surface area contributed by atoms with Crippen molar-refractivity contribution in [1.29, 1.82) is 0 Å². The lowest BCUT2D eigenvalue weighted by Gasteiger charge is -2.19. The smallest absolute Gasteiger partial charge is 0.261 e. The Bertz CT molecular complexity index is 512. The molecule has 128 valence electrons. The standard InChI is InChI=1S/C19H29NO2S/c1-4-17(22-18-10-9-14(2)13-15(18)3)19(21)20-11-12-23-16-7-5-6-8-16/h9-10,13,16-17H,4-8,11-12H2,1-3H3,(H,20,21)/t17-/m0/s1. The predicted molar refractivity (Wildman–Crippen MR) is 98.3 cm³/mol. The zero-order valence-electron chi connectivity index (χ0n) is 14.6. The first kappa shape index (κ1) is 18.2. The molecule has 4 heteroatoms. The van der Waals surface area contributed by atoms with Gasteiger partial charge in [-0.3, -0.25) is 4.79 Å². The first-order valence-corrected chi connectivity index (χ1v) is 9.78. The monoisotopic (exact) mass is 335 g/mol. The van der Waals surface area contributed by atoms with Gasteiger partial charge in [0.25, 0.3) is 5.91 Å². The molecular formula is C19H29NO2S. The Morgan fingerprint density at radius 2 is 2.09 bits per heavy atom. The van der Waals surface area contributed by atoms with Crippen molar-refractivity contribution < 1.29 is 9.53 Å². The van der Waals surface area contributed by atoms with Gasteiger partial charge in [0, 0.05) is 17.5 Å². The molecule has 1 N–H and O–H groups in total. The highest BCUT2D eigenvalue weighted by Gasteiger charge is 2.19. The van der Waals surface area contributed by atoms with Crippen molar-refractivity contribution in [3.05, 3.63) is 29.3 Å². The van der Waals surface area contributed by atoms with Crippen LogP contribution in [0, 0.1) is 13.8 Å². The second kappa shape index (κ2) is 9.21. The van der Waals surface area contributed by atoms with Gasteiger partial charge in [-0.05, 0) is 44.7 Å². The third-order valence-corrected chi connectivity index (χ3v) is 5.70. The number of nitrogens with one attached hydrogen (secondary N) is 1. The fourth-order valence-corrected chi connectivity index (χ4v) is 4.20. The predicted octanol–water partition coefficient (Wildman–Crippen LogP) is 4.25. The molecule has 0 unspecified atom stereocenters. The molecule has 0 radical (unpaired) electrons. The molecule has 0 aliphatic heterocycles. The lowest BCUT2D eigenvalue weighted by molar-refractivity contribution is -0.128. The average molecular weight is 336 g/mol. The minimum atomic E-state index is -0.409. The highest BCUT2D eigenvalue weighted by molar-refractivity contribution is 7.99. The van der Waals surface area contributed by atoms with Crippen LogP contribution in [-0.4, -0.2) is 29.6 Å². The van der Waals surface area contributed by atoms with Gasteiger partial charge in [-0.25, -0.2) is 0 Å². The Kier molecular flexibility index (Phi) is 7.28. The number of carbonyl (C=O) groups excluding carboxylic acids is 1. The summed E-state index contributed by atoms with van der Waals surface area (Å²) in [4.78, 5) is 12.3. The largest absolute Gasteiger partial charge is 0.480 e. The summed E-state index contributed by atoms with van der Waals surface area (Å²) in [6.07, 6.45) is 5.68. The van der Waals surface area contributed by atoms with Crippen molar-refractivity contribution in [2.24, 2.45) is 0 Å². The van der Waals surface area contributed by atoms with E-state index < -0.39 is 6.10 Å². The van der Waals surface area contributed by atoms with E-state index in [1.807, 2.05) is 37.7 Å². The van der Waals surface area contributed by atoms with E-state index in [4.69, 9.17) is 4.74 Å². The van der Waals surface area contributed by atoms with Crippen LogP contribution in [0.25, 0.3) is 0 Å². The van der Waals surface area contributed by atoms with Crippen molar-refractivity contribution in [3.8, 4) is 5.75 Å². The topological polar surface area (TPSA) is 38.3 Å². The summed E-state index contributed by atoms with van der Waals surface area (Å²) in [5, 5.41) is 3.83. The van der Waals surface area contributed by atoms with E-state index in [0.717, 1.165) is 28.9 Å². The molecule has 1 fully saturated rings. The molecule has 1 aromatic carbocycles. The molecule has 3 nitrogen and oxygen atoms in total. The summed E-state index contributed by atoms with van der Waals surface area (Å²) in [7, 11) is 0. The minimum absolute atomic E-state index is 0.000466. The molecule has 2 rings (SSSR count). The highest BCUT2D eigenvalue weighted by atomic mass is 32.2.